The number of likely N-dealkylation sites (tertiary alicyclic amines) is 1. The predicted molar refractivity (Wildman–Crippen MR) is 137 cm³/mol. The minimum atomic E-state index is -3.52. The third-order valence-electron chi connectivity index (χ3n) is 6.87. The van der Waals surface area contributed by atoms with E-state index in [2.05, 4.69) is 34.5 Å². The van der Waals surface area contributed by atoms with Crippen molar-refractivity contribution in [2.45, 2.75) is 55.0 Å². The third-order valence-corrected chi connectivity index (χ3v) is 9.52. The van der Waals surface area contributed by atoms with E-state index in [1.807, 2.05) is 18.4 Å². The van der Waals surface area contributed by atoms with Crippen molar-refractivity contribution >= 4 is 27.7 Å². The number of thioether (sulfide) groups is 1. The number of hydrogen-bond acceptors (Lipinski definition) is 5. The Morgan fingerprint density at radius 2 is 1.53 bits per heavy atom. The molecular weight excluding hydrogens is 466 g/mol. The molecule has 1 N–H and O–H groups in total. The van der Waals surface area contributed by atoms with E-state index in [0.717, 1.165) is 17.0 Å². The standard InChI is InChI=1S/C26H35N3O3S2/c1-33-24-9-11-25(12-10-24)34(31,32)29-17-13-23(14-18-29)26(30)27-19-21-5-7-22(8-6-21)20-28-15-3-2-4-16-28/h5-12,23H,2-4,13-20H2,1H3,(H,27,30). The Morgan fingerprint density at radius 1 is 0.912 bits per heavy atom. The van der Waals surface area contributed by atoms with E-state index in [0.29, 0.717) is 37.4 Å². The lowest BCUT2D eigenvalue weighted by atomic mass is 9.97. The largest absolute Gasteiger partial charge is 0.352 e. The van der Waals surface area contributed by atoms with Crippen LogP contribution < -0.4 is 5.32 Å². The maximum atomic E-state index is 12.9. The van der Waals surface area contributed by atoms with E-state index in [9.17, 15) is 13.2 Å². The first kappa shape index (κ1) is 25.2. The smallest absolute Gasteiger partial charge is 0.243 e. The number of amides is 1. The van der Waals surface area contributed by atoms with Gasteiger partial charge in [-0.3, -0.25) is 9.69 Å². The number of rotatable bonds is 8. The summed E-state index contributed by atoms with van der Waals surface area (Å²) >= 11 is 1.58. The monoisotopic (exact) mass is 501 g/mol. The van der Waals surface area contributed by atoms with Crippen LogP contribution in [0.25, 0.3) is 0 Å². The molecule has 2 aliphatic heterocycles. The second-order valence-electron chi connectivity index (χ2n) is 9.22. The molecule has 2 aromatic carbocycles. The highest BCUT2D eigenvalue weighted by atomic mass is 32.2. The predicted octanol–water partition coefficient (Wildman–Crippen LogP) is 4.11. The molecule has 2 fully saturated rings. The van der Waals surface area contributed by atoms with Crippen LogP contribution in [-0.4, -0.2) is 56.0 Å². The Balaban J connectivity index is 1.23. The van der Waals surface area contributed by atoms with Crippen LogP contribution in [0, 0.1) is 5.92 Å². The number of sulfonamides is 1. The van der Waals surface area contributed by atoms with Gasteiger partial charge in [-0.25, -0.2) is 8.42 Å². The summed E-state index contributed by atoms with van der Waals surface area (Å²) in [6, 6.07) is 15.5. The van der Waals surface area contributed by atoms with Crippen molar-refractivity contribution in [3.8, 4) is 0 Å². The van der Waals surface area contributed by atoms with E-state index < -0.39 is 10.0 Å². The van der Waals surface area contributed by atoms with Gasteiger partial charge in [0.05, 0.1) is 4.90 Å². The Kier molecular flexibility index (Phi) is 8.69. The Hall–Kier alpha value is -1.87. The molecule has 0 unspecified atom stereocenters. The molecule has 0 radical (unpaired) electrons. The van der Waals surface area contributed by atoms with Crippen LogP contribution in [0.3, 0.4) is 0 Å². The lowest BCUT2D eigenvalue weighted by molar-refractivity contribution is -0.126. The molecule has 0 spiro atoms. The SMILES string of the molecule is CSc1ccc(S(=O)(=O)N2CCC(C(=O)NCc3ccc(CN4CCCCC4)cc3)CC2)cc1. The van der Waals surface area contributed by atoms with E-state index in [-0.39, 0.29) is 11.8 Å². The summed E-state index contributed by atoms with van der Waals surface area (Å²) in [4.78, 5) is 16.6. The summed E-state index contributed by atoms with van der Waals surface area (Å²) in [5.41, 5.74) is 2.40. The summed E-state index contributed by atoms with van der Waals surface area (Å²) in [5, 5.41) is 3.05. The number of hydrogen-bond donors (Lipinski definition) is 1. The van der Waals surface area contributed by atoms with Crippen molar-refractivity contribution in [3.63, 3.8) is 0 Å². The molecule has 8 heteroatoms. The lowest BCUT2D eigenvalue weighted by Gasteiger charge is -2.30. The molecule has 2 aliphatic rings. The van der Waals surface area contributed by atoms with E-state index in [4.69, 9.17) is 0 Å². The normalized spacial score (nSPS) is 18.6. The highest BCUT2D eigenvalue weighted by Gasteiger charge is 2.32. The molecule has 1 amide bonds. The molecule has 0 aliphatic carbocycles. The van der Waals surface area contributed by atoms with Crippen LogP contribution in [0.5, 0.6) is 0 Å². The van der Waals surface area contributed by atoms with Gasteiger partial charge < -0.3 is 5.32 Å². The molecule has 0 bridgehead atoms. The van der Waals surface area contributed by atoms with Crippen LogP contribution in [0.4, 0.5) is 0 Å². The van der Waals surface area contributed by atoms with Gasteiger partial charge in [0.1, 0.15) is 0 Å². The van der Waals surface area contributed by atoms with Gasteiger partial charge in [-0.1, -0.05) is 30.7 Å². The Labute approximate surface area is 208 Å². The zero-order valence-corrected chi connectivity index (χ0v) is 21.5. The zero-order chi connectivity index (χ0) is 24.0. The summed E-state index contributed by atoms with van der Waals surface area (Å²) in [6.45, 7) is 4.61. The zero-order valence-electron chi connectivity index (χ0n) is 19.9. The third kappa shape index (κ3) is 6.42. The van der Waals surface area contributed by atoms with Crippen molar-refractivity contribution < 1.29 is 13.2 Å². The van der Waals surface area contributed by atoms with Gasteiger partial charge >= 0.3 is 0 Å². The molecule has 6 nitrogen and oxygen atoms in total. The Bertz CT molecular complexity index is 1040. The van der Waals surface area contributed by atoms with Crippen molar-refractivity contribution in [3.05, 3.63) is 59.7 Å². The van der Waals surface area contributed by atoms with Gasteiger partial charge in [0.25, 0.3) is 0 Å². The van der Waals surface area contributed by atoms with Gasteiger partial charge in [-0.05, 0) is 80.4 Å². The molecule has 2 heterocycles. The molecule has 0 saturated carbocycles. The van der Waals surface area contributed by atoms with Gasteiger partial charge in [0.2, 0.25) is 15.9 Å². The van der Waals surface area contributed by atoms with Crippen LogP contribution >= 0.6 is 11.8 Å². The van der Waals surface area contributed by atoms with Crippen molar-refractivity contribution in [2.24, 2.45) is 5.92 Å². The van der Waals surface area contributed by atoms with Gasteiger partial charge in [-0.2, -0.15) is 4.31 Å². The molecule has 0 atom stereocenters. The fourth-order valence-corrected chi connectivity index (χ4v) is 6.60. The van der Waals surface area contributed by atoms with Crippen LogP contribution in [0.15, 0.2) is 58.3 Å². The fourth-order valence-electron chi connectivity index (χ4n) is 4.73. The van der Waals surface area contributed by atoms with Crippen LogP contribution in [0.2, 0.25) is 0 Å². The summed E-state index contributed by atoms with van der Waals surface area (Å²) in [7, 11) is -3.52. The number of nitrogens with zero attached hydrogens (tertiary/aromatic N) is 2. The minimum absolute atomic E-state index is 0.0127. The van der Waals surface area contributed by atoms with Crippen molar-refractivity contribution in [1.82, 2.24) is 14.5 Å². The second kappa shape index (κ2) is 11.7. The van der Waals surface area contributed by atoms with Crippen molar-refractivity contribution in [1.29, 1.82) is 0 Å². The van der Waals surface area contributed by atoms with Gasteiger partial charge in [-0.15, -0.1) is 11.8 Å². The Morgan fingerprint density at radius 3 is 2.15 bits per heavy atom. The number of benzene rings is 2. The van der Waals surface area contributed by atoms with Crippen LogP contribution in [-0.2, 0) is 27.9 Å². The molecule has 4 rings (SSSR count). The van der Waals surface area contributed by atoms with Crippen molar-refractivity contribution in [2.75, 3.05) is 32.4 Å². The average molecular weight is 502 g/mol. The molecule has 184 valence electrons. The number of nitrogens with one attached hydrogen (secondary N) is 1. The molecule has 34 heavy (non-hydrogen) atoms. The average Bonchev–Trinajstić information content (AvgIpc) is 2.89. The lowest BCUT2D eigenvalue weighted by Crippen LogP contribution is -2.42. The molecular formula is C26H35N3O3S2. The first-order valence-electron chi connectivity index (χ1n) is 12.2. The fraction of sp³-hybridized carbons (Fsp3) is 0.500. The summed E-state index contributed by atoms with van der Waals surface area (Å²) < 4.78 is 27.4. The summed E-state index contributed by atoms with van der Waals surface area (Å²) in [5.74, 6) is -0.137. The van der Waals surface area contributed by atoms with E-state index in [1.54, 1.807) is 23.9 Å². The topological polar surface area (TPSA) is 69.7 Å². The number of piperidine rings is 2. The molecule has 2 saturated heterocycles. The first-order chi connectivity index (χ1) is 16.5. The van der Waals surface area contributed by atoms with Gasteiger partial charge in [0.15, 0.2) is 0 Å². The minimum Gasteiger partial charge on any atom is -0.352 e. The second-order valence-corrected chi connectivity index (χ2v) is 12.0. The maximum absolute atomic E-state index is 12.9. The highest BCUT2D eigenvalue weighted by Crippen LogP contribution is 2.25. The maximum Gasteiger partial charge on any atom is 0.243 e. The van der Waals surface area contributed by atoms with E-state index >= 15 is 0 Å². The highest BCUT2D eigenvalue weighted by molar-refractivity contribution is 7.98. The quantitative estimate of drug-likeness (QED) is 0.552. The number of carbonyl (C=O) groups is 1. The van der Waals surface area contributed by atoms with E-state index in [1.165, 1.54) is 42.2 Å². The summed E-state index contributed by atoms with van der Waals surface area (Å²) in [6.07, 6.45) is 6.98. The van der Waals surface area contributed by atoms with Crippen LogP contribution in [0.1, 0.15) is 43.2 Å². The first-order valence-corrected chi connectivity index (χ1v) is 14.8. The van der Waals surface area contributed by atoms with Gasteiger partial charge in [0, 0.05) is 37.0 Å². The molecule has 2 aromatic rings. The number of carbonyl (C=O) groups excluding carboxylic acids is 1. The molecule has 0 aromatic heterocycles.